The molecule has 0 amide bonds. The molecule has 8 heteroatoms. The Hall–Kier alpha value is -2.09. The maximum atomic E-state index is 13.6. The second-order valence-corrected chi connectivity index (χ2v) is 6.59. The highest BCUT2D eigenvalue weighted by atomic mass is 32.2. The van der Waals surface area contributed by atoms with Gasteiger partial charge in [0, 0.05) is 6.07 Å². The zero-order valence-electron chi connectivity index (χ0n) is 11.9. The first-order chi connectivity index (χ1) is 10.3. The minimum absolute atomic E-state index is 0.0810. The molecular weight excluding hydrogens is 313 g/mol. The predicted octanol–water partition coefficient (Wildman–Crippen LogP) is 2.73. The molecule has 2 N–H and O–H groups in total. The number of rotatable bonds is 5. The summed E-state index contributed by atoms with van der Waals surface area (Å²) in [6, 6.07) is 1.76. The number of halogens is 1. The summed E-state index contributed by atoms with van der Waals surface area (Å²) in [5.74, 6) is -2.57. The Morgan fingerprint density at radius 2 is 2.09 bits per heavy atom. The summed E-state index contributed by atoms with van der Waals surface area (Å²) in [6.07, 6.45) is 4.44. The van der Waals surface area contributed by atoms with E-state index in [-0.39, 0.29) is 16.3 Å². The summed E-state index contributed by atoms with van der Waals surface area (Å²) >= 11 is 0. The van der Waals surface area contributed by atoms with Gasteiger partial charge in [0.25, 0.3) is 10.0 Å². The van der Waals surface area contributed by atoms with Gasteiger partial charge >= 0.3 is 5.97 Å². The van der Waals surface area contributed by atoms with E-state index in [1.165, 1.54) is 7.11 Å². The number of nitrogens with one attached hydrogen (secondary N) is 1. The molecule has 0 bridgehead atoms. The van der Waals surface area contributed by atoms with E-state index in [2.05, 4.69) is 4.72 Å². The Balaban J connectivity index is 2.41. The molecule has 0 atom stereocenters. The van der Waals surface area contributed by atoms with Crippen molar-refractivity contribution in [3.63, 3.8) is 0 Å². The highest BCUT2D eigenvalue weighted by molar-refractivity contribution is 7.96. The van der Waals surface area contributed by atoms with Crippen LogP contribution in [0, 0.1) is 5.82 Å². The standard InChI is InChI=1S/C14H16FNO5S/c1-21-13-8-11(15)10(14(17)18)7-12(13)16-22(19,20)9-5-3-2-4-6-9/h5,7-8,16H,2-4,6H2,1H3,(H,17,18). The van der Waals surface area contributed by atoms with Crippen molar-refractivity contribution in [2.45, 2.75) is 25.7 Å². The van der Waals surface area contributed by atoms with E-state index in [0.717, 1.165) is 25.0 Å². The highest BCUT2D eigenvalue weighted by Crippen LogP contribution is 2.31. The molecular formula is C14H16FNO5S. The number of methoxy groups -OCH3 is 1. The molecule has 1 aromatic rings. The van der Waals surface area contributed by atoms with Crippen molar-refractivity contribution < 1.29 is 27.4 Å². The Morgan fingerprint density at radius 3 is 2.64 bits per heavy atom. The third-order valence-electron chi connectivity index (χ3n) is 3.36. The number of allylic oxidation sites excluding steroid dienone is 2. The molecule has 0 radical (unpaired) electrons. The van der Waals surface area contributed by atoms with E-state index >= 15 is 0 Å². The van der Waals surface area contributed by atoms with Crippen LogP contribution in [0.25, 0.3) is 0 Å². The number of anilines is 1. The monoisotopic (exact) mass is 329 g/mol. The molecule has 6 nitrogen and oxygen atoms in total. The minimum atomic E-state index is -3.81. The molecule has 0 unspecified atom stereocenters. The lowest BCUT2D eigenvalue weighted by atomic mass is 10.1. The molecule has 0 fully saturated rings. The van der Waals surface area contributed by atoms with Gasteiger partial charge in [0.1, 0.15) is 11.6 Å². The smallest absolute Gasteiger partial charge is 0.338 e. The van der Waals surface area contributed by atoms with Gasteiger partial charge in [-0.25, -0.2) is 17.6 Å². The quantitative estimate of drug-likeness (QED) is 0.866. The Kier molecular flexibility index (Phi) is 4.70. The van der Waals surface area contributed by atoms with Gasteiger partial charge in [-0.05, 0) is 31.7 Å². The number of sulfonamides is 1. The number of hydrogen-bond acceptors (Lipinski definition) is 4. The summed E-state index contributed by atoms with van der Waals surface area (Å²) in [5.41, 5.74) is -0.733. The fourth-order valence-electron chi connectivity index (χ4n) is 2.23. The van der Waals surface area contributed by atoms with Crippen LogP contribution in [0.2, 0.25) is 0 Å². The molecule has 0 heterocycles. The van der Waals surface area contributed by atoms with Gasteiger partial charge in [-0.1, -0.05) is 6.08 Å². The SMILES string of the molecule is COc1cc(F)c(C(=O)O)cc1NS(=O)(=O)C1=CCCCC1. The van der Waals surface area contributed by atoms with Gasteiger partial charge < -0.3 is 9.84 Å². The average Bonchev–Trinajstić information content (AvgIpc) is 2.49. The van der Waals surface area contributed by atoms with E-state index < -0.39 is 27.4 Å². The second-order valence-electron chi connectivity index (χ2n) is 4.86. The number of carboxylic acid groups (broad SMARTS) is 1. The van der Waals surface area contributed by atoms with Crippen molar-refractivity contribution in [1.29, 1.82) is 0 Å². The van der Waals surface area contributed by atoms with E-state index in [9.17, 15) is 17.6 Å². The van der Waals surface area contributed by atoms with Crippen molar-refractivity contribution in [1.82, 2.24) is 0 Å². The van der Waals surface area contributed by atoms with Gasteiger partial charge in [-0.2, -0.15) is 0 Å². The lowest BCUT2D eigenvalue weighted by molar-refractivity contribution is 0.0692. The van der Waals surface area contributed by atoms with Crippen LogP contribution in [0.4, 0.5) is 10.1 Å². The number of aromatic carboxylic acids is 1. The molecule has 1 aromatic carbocycles. The topological polar surface area (TPSA) is 92.7 Å². The summed E-state index contributed by atoms with van der Waals surface area (Å²) in [4.78, 5) is 11.2. The molecule has 1 aliphatic rings. The number of carboxylic acids is 1. The van der Waals surface area contributed by atoms with Gasteiger partial charge in [-0.15, -0.1) is 0 Å². The normalized spacial score (nSPS) is 15.1. The Bertz CT molecular complexity index is 727. The van der Waals surface area contributed by atoms with E-state index in [1.54, 1.807) is 6.08 Å². The van der Waals surface area contributed by atoms with Crippen LogP contribution in [0.15, 0.2) is 23.1 Å². The van der Waals surface area contributed by atoms with Crippen LogP contribution in [0.3, 0.4) is 0 Å². The van der Waals surface area contributed by atoms with Gasteiger partial charge in [0.2, 0.25) is 0 Å². The lowest BCUT2D eigenvalue weighted by Gasteiger charge is -2.17. The zero-order chi connectivity index (χ0) is 16.3. The Labute approximate surface area is 127 Å². The van der Waals surface area contributed by atoms with Crippen molar-refractivity contribution in [2.75, 3.05) is 11.8 Å². The highest BCUT2D eigenvalue weighted by Gasteiger charge is 2.23. The number of hydrogen-bond donors (Lipinski definition) is 2. The van der Waals surface area contributed by atoms with Crippen molar-refractivity contribution >= 4 is 21.7 Å². The second kappa shape index (κ2) is 6.35. The van der Waals surface area contributed by atoms with Crippen LogP contribution in [0.5, 0.6) is 5.75 Å². The van der Waals surface area contributed by atoms with E-state index in [4.69, 9.17) is 9.84 Å². The molecule has 0 aromatic heterocycles. The first-order valence-electron chi connectivity index (χ1n) is 6.68. The van der Waals surface area contributed by atoms with Crippen LogP contribution in [-0.4, -0.2) is 26.6 Å². The predicted molar refractivity (Wildman–Crippen MR) is 79.0 cm³/mol. The molecule has 0 saturated carbocycles. The molecule has 2 rings (SSSR count). The summed E-state index contributed by atoms with van der Waals surface area (Å²) < 4.78 is 45.4. The molecule has 0 aliphatic heterocycles. The number of benzene rings is 1. The molecule has 0 spiro atoms. The van der Waals surface area contributed by atoms with Crippen LogP contribution >= 0.6 is 0 Å². The fraction of sp³-hybridized carbons (Fsp3) is 0.357. The Morgan fingerprint density at radius 1 is 1.36 bits per heavy atom. The maximum absolute atomic E-state index is 13.6. The van der Waals surface area contributed by atoms with Gasteiger partial charge in [0.15, 0.2) is 0 Å². The first kappa shape index (κ1) is 16.3. The summed E-state index contributed by atoms with van der Waals surface area (Å²) in [7, 11) is -2.57. The third-order valence-corrected chi connectivity index (χ3v) is 4.91. The molecule has 0 saturated heterocycles. The van der Waals surface area contributed by atoms with E-state index in [1.807, 2.05) is 0 Å². The molecule has 120 valence electrons. The first-order valence-corrected chi connectivity index (χ1v) is 8.16. The van der Waals surface area contributed by atoms with Crippen LogP contribution in [0.1, 0.15) is 36.0 Å². The molecule has 1 aliphatic carbocycles. The van der Waals surface area contributed by atoms with Crippen LogP contribution < -0.4 is 9.46 Å². The zero-order valence-corrected chi connectivity index (χ0v) is 12.7. The van der Waals surface area contributed by atoms with Crippen molar-refractivity contribution in [2.24, 2.45) is 0 Å². The number of carbonyl (C=O) groups is 1. The third kappa shape index (κ3) is 3.38. The number of ether oxygens (including phenoxy) is 1. The van der Waals surface area contributed by atoms with Crippen molar-refractivity contribution in [3.8, 4) is 5.75 Å². The average molecular weight is 329 g/mol. The summed E-state index contributed by atoms with van der Waals surface area (Å²) in [6.45, 7) is 0. The van der Waals surface area contributed by atoms with Gasteiger partial charge in [-0.3, -0.25) is 4.72 Å². The largest absolute Gasteiger partial charge is 0.494 e. The lowest BCUT2D eigenvalue weighted by Crippen LogP contribution is -2.17. The van der Waals surface area contributed by atoms with Gasteiger partial charge in [0.05, 0.1) is 23.3 Å². The van der Waals surface area contributed by atoms with Crippen LogP contribution in [-0.2, 0) is 10.0 Å². The summed E-state index contributed by atoms with van der Waals surface area (Å²) in [5, 5.41) is 8.93. The van der Waals surface area contributed by atoms with Crippen molar-refractivity contribution in [3.05, 3.63) is 34.5 Å². The minimum Gasteiger partial charge on any atom is -0.494 e. The maximum Gasteiger partial charge on any atom is 0.338 e. The van der Waals surface area contributed by atoms with E-state index in [0.29, 0.717) is 12.8 Å². The fourth-order valence-corrected chi connectivity index (χ4v) is 3.56. The molecule has 22 heavy (non-hydrogen) atoms.